The molecule has 0 aliphatic heterocycles. The molecule has 3 N–H and O–H groups in total. The van der Waals surface area contributed by atoms with Gasteiger partial charge in [-0.3, -0.25) is 4.79 Å². The van der Waals surface area contributed by atoms with E-state index in [-0.39, 0.29) is 23.6 Å². The van der Waals surface area contributed by atoms with Crippen LogP contribution in [0.4, 0.5) is 18.9 Å². The summed E-state index contributed by atoms with van der Waals surface area (Å²) in [7, 11) is 0. The Morgan fingerprint density at radius 1 is 1.38 bits per heavy atom. The number of amides is 1. The monoisotopic (exact) mass is 297 g/mol. The quantitative estimate of drug-likeness (QED) is 0.880. The van der Waals surface area contributed by atoms with Crippen LogP contribution in [0, 0.1) is 17.2 Å². The van der Waals surface area contributed by atoms with E-state index in [1.165, 1.54) is 12.1 Å². The van der Waals surface area contributed by atoms with Crippen LogP contribution in [0.5, 0.6) is 0 Å². The van der Waals surface area contributed by atoms with Crippen LogP contribution < -0.4 is 11.1 Å². The van der Waals surface area contributed by atoms with Crippen molar-refractivity contribution in [2.45, 2.75) is 31.5 Å². The molecule has 2 atom stereocenters. The van der Waals surface area contributed by atoms with Gasteiger partial charge >= 0.3 is 6.18 Å². The van der Waals surface area contributed by atoms with Crippen molar-refractivity contribution in [3.63, 3.8) is 0 Å². The Bertz CT molecular complexity index is 592. The van der Waals surface area contributed by atoms with E-state index in [2.05, 4.69) is 5.32 Å². The maximum absolute atomic E-state index is 12.8. The molecule has 0 saturated heterocycles. The molecule has 0 bridgehead atoms. The van der Waals surface area contributed by atoms with Crippen molar-refractivity contribution in [2.75, 3.05) is 5.32 Å². The van der Waals surface area contributed by atoms with E-state index < -0.39 is 17.3 Å². The van der Waals surface area contributed by atoms with Crippen LogP contribution in [0.15, 0.2) is 18.2 Å². The molecule has 2 unspecified atom stereocenters. The summed E-state index contributed by atoms with van der Waals surface area (Å²) in [6.45, 7) is 0. The molecule has 7 heteroatoms. The summed E-state index contributed by atoms with van der Waals surface area (Å²) in [5, 5.41) is 11.2. The van der Waals surface area contributed by atoms with Crippen molar-refractivity contribution in [1.82, 2.24) is 0 Å². The number of nitrogens with two attached hydrogens (primary N) is 1. The van der Waals surface area contributed by atoms with Crippen molar-refractivity contribution in [2.24, 2.45) is 11.7 Å². The number of carbonyl (C=O) groups excluding carboxylic acids is 1. The number of carbonyl (C=O) groups is 1. The summed E-state index contributed by atoms with van der Waals surface area (Å²) in [4.78, 5) is 12.0. The highest BCUT2D eigenvalue weighted by atomic mass is 19.4. The zero-order valence-electron chi connectivity index (χ0n) is 11.1. The van der Waals surface area contributed by atoms with Crippen LogP contribution in [0.25, 0.3) is 0 Å². The zero-order chi connectivity index (χ0) is 15.6. The minimum atomic E-state index is -4.64. The number of anilines is 1. The van der Waals surface area contributed by atoms with Gasteiger partial charge in [0.15, 0.2) is 0 Å². The number of hydrogen-bond donors (Lipinski definition) is 2. The van der Waals surface area contributed by atoms with Gasteiger partial charge in [-0.25, -0.2) is 0 Å². The molecule has 112 valence electrons. The number of nitrogens with one attached hydrogen (secondary N) is 1. The molecule has 1 saturated carbocycles. The summed E-state index contributed by atoms with van der Waals surface area (Å²) in [6.07, 6.45) is -2.73. The average molecular weight is 297 g/mol. The van der Waals surface area contributed by atoms with E-state index in [9.17, 15) is 18.0 Å². The molecule has 0 radical (unpaired) electrons. The topological polar surface area (TPSA) is 78.9 Å². The van der Waals surface area contributed by atoms with Crippen LogP contribution in [-0.4, -0.2) is 11.9 Å². The second-order valence-corrected chi connectivity index (χ2v) is 5.13. The number of rotatable bonds is 2. The molecule has 1 aliphatic rings. The predicted octanol–water partition coefficient (Wildman–Crippen LogP) is 2.64. The second-order valence-electron chi connectivity index (χ2n) is 5.13. The third-order valence-electron chi connectivity index (χ3n) is 3.56. The number of nitriles is 1. The lowest BCUT2D eigenvalue weighted by Gasteiger charge is -2.14. The lowest BCUT2D eigenvalue weighted by atomic mass is 10.1. The van der Waals surface area contributed by atoms with Gasteiger partial charge < -0.3 is 11.1 Å². The standard InChI is InChI=1S/C14H14F3N3O/c15-14(16,17)12-6-11(4-2-9(12)7-18)20-13(21)8-1-3-10(19)5-8/h2,4,6,8,10H,1,3,5,19H2,(H,20,21). The Labute approximate surface area is 119 Å². The molecule has 1 aromatic rings. The first-order chi connectivity index (χ1) is 9.81. The molecule has 1 amide bonds. The number of hydrogen-bond acceptors (Lipinski definition) is 3. The van der Waals surface area contributed by atoms with Gasteiger partial charge in [0.1, 0.15) is 0 Å². The van der Waals surface area contributed by atoms with Gasteiger partial charge in [-0.2, -0.15) is 18.4 Å². The highest BCUT2D eigenvalue weighted by Gasteiger charge is 2.34. The minimum Gasteiger partial charge on any atom is -0.328 e. The normalized spacial score (nSPS) is 21.9. The smallest absolute Gasteiger partial charge is 0.328 e. The minimum absolute atomic E-state index is 0.0341. The first-order valence-corrected chi connectivity index (χ1v) is 6.49. The van der Waals surface area contributed by atoms with Gasteiger partial charge in [0, 0.05) is 17.6 Å². The van der Waals surface area contributed by atoms with Crippen molar-refractivity contribution in [3.05, 3.63) is 29.3 Å². The lowest BCUT2D eigenvalue weighted by molar-refractivity contribution is -0.137. The van der Waals surface area contributed by atoms with E-state index in [1.807, 2.05) is 0 Å². The molecule has 1 aliphatic carbocycles. The molecule has 1 aromatic carbocycles. The van der Waals surface area contributed by atoms with Crippen LogP contribution in [0.3, 0.4) is 0 Å². The number of nitrogens with zero attached hydrogens (tertiary/aromatic N) is 1. The van der Waals surface area contributed by atoms with Gasteiger partial charge in [0.2, 0.25) is 5.91 Å². The van der Waals surface area contributed by atoms with E-state index in [1.54, 1.807) is 0 Å². The van der Waals surface area contributed by atoms with Crippen LogP contribution in [0.1, 0.15) is 30.4 Å². The molecular weight excluding hydrogens is 283 g/mol. The number of benzene rings is 1. The molecule has 1 fully saturated rings. The summed E-state index contributed by atoms with van der Waals surface area (Å²) >= 11 is 0. The van der Waals surface area contributed by atoms with E-state index >= 15 is 0 Å². The van der Waals surface area contributed by atoms with Crippen LogP contribution in [-0.2, 0) is 11.0 Å². The van der Waals surface area contributed by atoms with Gasteiger partial charge in [-0.1, -0.05) is 0 Å². The SMILES string of the molecule is N#Cc1ccc(NC(=O)C2CCC(N)C2)cc1C(F)(F)F. The Kier molecular flexibility index (Phi) is 4.19. The van der Waals surface area contributed by atoms with Gasteiger partial charge in [0.25, 0.3) is 0 Å². The largest absolute Gasteiger partial charge is 0.417 e. The van der Waals surface area contributed by atoms with E-state index in [0.717, 1.165) is 18.6 Å². The third-order valence-corrected chi connectivity index (χ3v) is 3.56. The van der Waals surface area contributed by atoms with Gasteiger partial charge in [0.05, 0.1) is 17.2 Å². The summed E-state index contributed by atoms with van der Waals surface area (Å²) in [5.74, 6) is -0.606. The molecule has 0 spiro atoms. The predicted molar refractivity (Wildman–Crippen MR) is 70.1 cm³/mol. The summed E-state index contributed by atoms with van der Waals surface area (Å²) in [6, 6.07) is 4.59. The first-order valence-electron chi connectivity index (χ1n) is 6.49. The molecule has 4 nitrogen and oxygen atoms in total. The molecule has 0 heterocycles. The highest BCUT2D eigenvalue weighted by Crippen LogP contribution is 2.34. The molecule has 21 heavy (non-hydrogen) atoms. The molecular formula is C14H14F3N3O. The summed E-state index contributed by atoms with van der Waals surface area (Å²) < 4.78 is 38.5. The van der Waals surface area contributed by atoms with Crippen LogP contribution in [0.2, 0.25) is 0 Å². The number of halogens is 3. The van der Waals surface area contributed by atoms with Crippen molar-refractivity contribution in [1.29, 1.82) is 5.26 Å². The third kappa shape index (κ3) is 3.52. The fraction of sp³-hybridized carbons (Fsp3) is 0.429. The van der Waals surface area contributed by atoms with Gasteiger partial charge in [-0.15, -0.1) is 0 Å². The zero-order valence-corrected chi connectivity index (χ0v) is 11.1. The second kappa shape index (κ2) is 5.74. The van der Waals surface area contributed by atoms with Crippen molar-refractivity contribution >= 4 is 11.6 Å². The van der Waals surface area contributed by atoms with Gasteiger partial charge in [-0.05, 0) is 37.5 Å². The molecule has 0 aromatic heterocycles. The average Bonchev–Trinajstić information content (AvgIpc) is 2.84. The Morgan fingerprint density at radius 2 is 2.10 bits per heavy atom. The molecule has 2 rings (SSSR count). The highest BCUT2D eigenvalue weighted by molar-refractivity contribution is 5.93. The maximum Gasteiger partial charge on any atom is 0.417 e. The van der Waals surface area contributed by atoms with E-state index in [0.29, 0.717) is 12.8 Å². The maximum atomic E-state index is 12.8. The number of alkyl halides is 3. The van der Waals surface area contributed by atoms with Crippen molar-refractivity contribution < 1.29 is 18.0 Å². The summed E-state index contributed by atoms with van der Waals surface area (Å²) in [5.41, 5.74) is 4.23. The lowest BCUT2D eigenvalue weighted by Crippen LogP contribution is -2.23. The Balaban J connectivity index is 2.18. The van der Waals surface area contributed by atoms with Crippen LogP contribution >= 0.6 is 0 Å². The fourth-order valence-electron chi connectivity index (χ4n) is 2.45. The Morgan fingerprint density at radius 3 is 2.62 bits per heavy atom. The first kappa shape index (κ1) is 15.3. The fourth-order valence-corrected chi connectivity index (χ4v) is 2.45. The Hall–Kier alpha value is -2.07. The van der Waals surface area contributed by atoms with Crippen molar-refractivity contribution in [3.8, 4) is 6.07 Å². The van der Waals surface area contributed by atoms with E-state index in [4.69, 9.17) is 11.0 Å².